The molecule has 0 bridgehead atoms. The number of benzene rings is 2. The van der Waals surface area contributed by atoms with Crippen molar-refractivity contribution in [3.8, 4) is 11.5 Å². The van der Waals surface area contributed by atoms with Crippen molar-refractivity contribution in [2.24, 2.45) is 5.10 Å². The maximum atomic E-state index is 11.8. The number of hydrogen-bond acceptors (Lipinski definition) is 6. The van der Waals surface area contributed by atoms with E-state index in [9.17, 15) is 20.0 Å². The summed E-state index contributed by atoms with van der Waals surface area (Å²) in [7, 11) is 0. The number of ether oxygens (including phenoxy) is 1. The third kappa shape index (κ3) is 5.17. The van der Waals surface area contributed by atoms with E-state index in [0.717, 1.165) is 0 Å². The quantitative estimate of drug-likeness (QED) is 0.403. The fourth-order valence-electron chi connectivity index (χ4n) is 1.93. The molecule has 0 atom stereocenters. The van der Waals surface area contributed by atoms with Crippen molar-refractivity contribution in [2.45, 2.75) is 6.92 Å². The first-order valence-corrected chi connectivity index (χ1v) is 8.32. The molecule has 0 saturated carbocycles. The molecule has 1 amide bonds. The highest BCUT2D eigenvalue weighted by molar-refractivity contribution is 9.10. The molecule has 2 aromatic carbocycles. The fourth-order valence-corrected chi connectivity index (χ4v) is 2.76. The zero-order valence-electron chi connectivity index (χ0n) is 13.4. The Labute approximate surface area is 161 Å². The zero-order valence-corrected chi connectivity index (χ0v) is 15.7. The number of hydrazone groups is 1. The van der Waals surface area contributed by atoms with E-state index in [-0.39, 0.29) is 17.2 Å². The van der Waals surface area contributed by atoms with Gasteiger partial charge in [-0.15, -0.1) is 0 Å². The van der Waals surface area contributed by atoms with Crippen molar-refractivity contribution in [1.29, 1.82) is 0 Å². The van der Waals surface area contributed by atoms with Crippen molar-refractivity contribution in [2.75, 3.05) is 6.61 Å². The Bertz CT molecular complexity index is 888. The van der Waals surface area contributed by atoms with Gasteiger partial charge in [-0.2, -0.15) is 5.10 Å². The van der Waals surface area contributed by atoms with Gasteiger partial charge in [-0.1, -0.05) is 17.7 Å². The number of phenols is 1. The molecule has 2 N–H and O–H groups in total. The Kier molecular flexibility index (Phi) is 6.53. The SMILES string of the molecule is Cc1ccc(OCC(=O)NN=Cc2cc(Cl)cc(Br)c2O)c([N+](=O)[O-])c1. The molecule has 0 heterocycles. The number of aryl methyl sites for hydroxylation is 1. The number of rotatable bonds is 6. The number of nitrogens with one attached hydrogen (secondary N) is 1. The topological polar surface area (TPSA) is 114 Å². The van der Waals surface area contributed by atoms with Gasteiger partial charge in [-0.05, 0) is 46.6 Å². The lowest BCUT2D eigenvalue weighted by Crippen LogP contribution is -2.24. The van der Waals surface area contributed by atoms with Gasteiger partial charge in [-0.3, -0.25) is 14.9 Å². The summed E-state index contributed by atoms with van der Waals surface area (Å²) < 4.78 is 5.56. The summed E-state index contributed by atoms with van der Waals surface area (Å²) in [5, 5.41) is 24.9. The summed E-state index contributed by atoms with van der Waals surface area (Å²) in [4.78, 5) is 22.2. The van der Waals surface area contributed by atoms with Gasteiger partial charge in [-0.25, -0.2) is 5.43 Å². The first-order valence-electron chi connectivity index (χ1n) is 7.15. The lowest BCUT2D eigenvalue weighted by atomic mass is 10.2. The van der Waals surface area contributed by atoms with Gasteiger partial charge in [0.05, 0.1) is 15.6 Å². The molecule has 0 aliphatic heterocycles. The first-order chi connectivity index (χ1) is 12.3. The minimum atomic E-state index is -0.628. The average molecular weight is 443 g/mol. The van der Waals surface area contributed by atoms with Gasteiger partial charge >= 0.3 is 5.69 Å². The van der Waals surface area contributed by atoms with Crippen LogP contribution in [-0.4, -0.2) is 28.8 Å². The molecule has 0 spiro atoms. The third-order valence-electron chi connectivity index (χ3n) is 3.12. The number of nitro benzene ring substituents is 1. The molecule has 2 aromatic rings. The van der Waals surface area contributed by atoms with Crippen LogP contribution in [0.2, 0.25) is 5.02 Å². The van der Waals surface area contributed by atoms with E-state index in [1.165, 1.54) is 30.5 Å². The van der Waals surface area contributed by atoms with Crippen LogP contribution in [0.4, 0.5) is 5.69 Å². The summed E-state index contributed by atoms with van der Waals surface area (Å²) in [6, 6.07) is 7.38. The number of aromatic hydroxyl groups is 1. The van der Waals surface area contributed by atoms with Crippen LogP contribution in [0.5, 0.6) is 11.5 Å². The molecule has 0 aliphatic rings. The molecular weight excluding hydrogens is 430 g/mol. The summed E-state index contributed by atoms with van der Waals surface area (Å²) in [5.41, 5.74) is 2.96. The molecular formula is C16H13BrClN3O5. The summed E-state index contributed by atoms with van der Waals surface area (Å²) in [5.74, 6) is -0.730. The van der Waals surface area contributed by atoms with Crippen molar-refractivity contribution >= 4 is 45.3 Å². The minimum absolute atomic E-state index is 0.0175. The normalized spacial score (nSPS) is 10.7. The second kappa shape index (κ2) is 8.63. The number of carbonyl (C=O) groups excluding carboxylic acids is 1. The summed E-state index contributed by atoms with van der Waals surface area (Å²) >= 11 is 9.00. The summed E-state index contributed by atoms with van der Waals surface area (Å²) in [6.07, 6.45) is 1.21. The summed E-state index contributed by atoms with van der Waals surface area (Å²) in [6.45, 7) is 1.24. The second-order valence-corrected chi connectivity index (χ2v) is 6.43. The van der Waals surface area contributed by atoms with Gasteiger partial charge in [0.15, 0.2) is 12.4 Å². The van der Waals surface area contributed by atoms with E-state index < -0.39 is 17.4 Å². The van der Waals surface area contributed by atoms with Gasteiger partial charge in [0.2, 0.25) is 0 Å². The van der Waals surface area contributed by atoms with Crippen molar-refractivity contribution in [3.63, 3.8) is 0 Å². The predicted molar refractivity (Wildman–Crippen MR) is 99.9 cm³/mol. The van der Waals surface area contributed by atoms with E-state index in [1.807, 2.05) is 0 Å². The standard InChI is InChI=1S/C16H13BrClN3O5/c1-9-2-3-14(13(4-9)21(24)25)26-8-15(22)20-19-7-10-5-11(18)6-12(17)16(10)23/h2-7,23H,8H2,1H3,(H,20,22). The van der Waals surface area contributed by atoms with Gasteiger partial charge in [0.25, 0.3) is 5.91 Å². The highest BCUT2D eigenvalue weighted by Crippen LogP contribution is 2.30. The molecule has 0 unspecified atom stereocenters. The Balaban J connectivity index is 1.97. The molecule has 0 fully saturated rings. The Morgan fingerprint density at radius 3 is 2.88 bits per heavy atom. The van der Waals surface area contributed by atoms with Crippen molar-refractivity contribution in [3.05, 3.63) is 61.1 Å². The number of halogens is 2. The van der Waals surface area contributed by atoms with E-state index >= 15 is 0 Å². The van der Waals surface area contributed by atoms with E-state index in [2.05, 4.69) is 26.5 Å². The number of phenolic OH excluding ortho intramolecular Hbond substituents is 1. The lowest BCUT2D eigenvalue weighted by Gasteiger charge is -2.06. The average Bonchev–Trinajstić information content (AvgIpc) is 2.57. The molecule has 0 aromatic heterocycles. The van der Waals surface area contributed by atoms with E-state index in [1.54, 1.807) is 13.0 Å². The van der Waals surface area contributed by atoms with E-state index in [0.29, 0.717) is 20.6 Å². The van der Waals surface area contributed by atoms with Crippen LogP contribution in [0.15, 0.2) is 39.9 Å². The van der Waals surface area contributed by atoms with Gasteiger partial charge in [0, 0.05) is 16.7 Å². The number of hydrogen-bond donors (Lipinski definition) is 2. The Hall–Kier alpha value is -2.65. The number of nitro groups is 1. The number of amides is 1. The predicted octanol–water partition coefficient (Wildman–Crippen LogP) is 3.55. The van der Waals surface area contributed by atoms with Crippen molar-refractivity contribution < 1.29 is 19.6 Å². The highest BCUT2D eigenvalue weighted by Gasteiger charge is 2.16. The molecule has 8 nitrogen and oxygen atoms in total. The monoisotopic (exact) mass is 441 g/mol. The van der Waals surface area contributed by atoms with Gasteiger partial charge < -0.3 is 9.84 Å². The largest absolute Gasteiger partial charge is 0.506 e. The smallest absolute Gasteiger partial charge is 0.311 e. The maximum Gasteiger partial charge on any atom is 0.311 e. The second-order valence-electron chi connectivity index (χ2n) is 5.14. The maximum absolute atomic E-state index is 11.8. The van der Waals surface area contributed by atoms with Crippen molar-refractivity contribution in [1.82, 2.24) is 5.43 Å². The van der Waals surface area contributed by atoms with Crippen LogP contribution >= 0.6 is 27.5 Å². The highest BCUT2D eigenvalue weighted by atomic mass is 79.9. The molecule has 10 heteroatoms. The lowest BCUT2D eigenvalue weighted by molar-refractivity contribution is -0.385. The molecule has 0 aliphatic carbocycles. The van der Waals surface area contributed by atoms with Crippen LogP contribution in [0.25, 0.3) is 0 Å². The van der Waals surface area contributed by atoms with E-state index in [4.69, 9.17) is 16.3 Å². The minimum Gasteiger partial charge on any atom is -0.506 e. The number of nitrogens with zero attached hydrogens (tertiary/aromatic N) is 2. The van der Waals surface area contributed by atoms with Crippen LogP contribution in [0.1, 0.15) is 11.1 Å². The van der Waals surface area contributed by atoms with Gasteiger partial charge in [0.1, 0.15) is 5.75 Å². The van der Waals surface area contributed by atoms with Crippen LogP contribution < -0.4 is 10.2 Å². The fraction of sp³-hybridized carbons (Fsp3) is 0.125. The Morgan fingerprint density at radius 2 is 2.19 bits per heavy atom. The number of carbonyl (C=O) groups is 1. The third-order valence-corrected chi connectivity index (χ3v) is 3.94. The van der Waals surface area contributed by atoms with Crippen LogP contribution in [0, 0.1) is 17.0 Å². The molecule has 136 valence electrons. The Morgan fingerprint density at radius 1 is 1.46 bits per heavy atom. The van der Waals surface area contributed by atoms with Crippen LogP contribution in [0.3, 0.4) is 0 Å². The zero-order chi connectivity index (χ0) is 19.3. The molecule has 2 rings (SSSR count). The first kappa shape index (κ1) is 19.7. The van der Waals surface area contributed by atoms with Crippen LogP contribution in [-0.2, 0) is 4.79 Å². The molecule has 0 radical (unpaired) electrons. The molecule has 0 saturated heterocycles. The molecule has 26 heavy (non-hydrogen) atoms.